The van der Waals surface area contributed by atoms with Gasteiger partial charge < -0.3 is 5.32 Å². The highest BCUT2D eigenvalue weighted by molar-refractivity contribution is 5.82. The third kappa shape index (κ3) is 1.68. The molecule has 0 radical (unpaired) electrons. The predicted octanol–water partition coefficient (Wildman–Crippen LogP) is 2.05. The lowest BCUT2D eigenvalue weighted by Crippen LogP contribution is -2.02. The molecular formula is C13H11N7. The summed E-state index contributed by atoms with van der Waals surface area (Å²) in [6.07, 6.45) is 3.29. The van der Waals surface area contributed by atoms with Crippen molar-refractivity contribution >= 4 is 28.2 Å². The molecular weight excluding hydrogens is 254 g/mol. The van der Waals surface area contributed by atoms with Crippen LogP contribution in [0.2, 0.25) is 0 Å². The lowest BCUT2D eigenvalue weighted by Gasteiger charge is -2.08. The van der Waals surface area contributed by atoms with Gasteiger partial charge in [-0.2, -0.15) is 19.7 Å². The lowest BCUT2D eigenvalue weighted by atomic mass is 10.2. The first-order valence-corrected chi connectivity index (χ1v) is 6.17. The van der Waals surface area contributed by atoms with Gasteiger partial charge in [0.05, 0.1) is 11.7 Å². The van der Waals surface area contributed by atoms with E-state index in [1.54, 1.807) is 10.7 Å². The summed E-state index contributed by atoms with van der Waals surface area (Å²) in [6.45, 7) is 1.93. The molecule has 4 rings (SSSR count). The van der Waals surface area contributed by atoms with Crippen LogP contribution in [0.5, 0.6) is 0 Å². The summed E-state index contributed by atoms with van der Waals surface area (Å²) >= 11 is 0. The van der Waals surface area contributed by atoms with Crippen LogP contribution in [0.4, 0.5) is 11.5 Å². The number of aromatic amines is 1. The molecule has 0 unspecified atom stereocenters. The van der Waals surface area contributed by atoms with E-state index in [2.05, 4.69) is 30.6 Å². The zero-order valence-electron chi connectivity index (χ0n) is 10.7. The van der Waals surface area contributed by atoms with Crippen LogP contribution in [0, 0.1) is 6.92 Å². The van der Waals surface area contributed by atoms with E-state index < -0.39 is 0 Å². The Hall–Kier alpha value is -2.96. The Morgan fingerprint density at radius 3 is 3.15 bits per heavy atom. The number of nitrogens with zero attached hydrogens (tertiary/aromatic N) is 5. The molecule has 7 nitrogen and oxygen atoms in total. The van der Waals surface area contributed by atoms with Crippen molar-refractivity contribution in [1.82, 2.24) is 29.8 Å². The van der Waals surface area contributed by atoms with Crippen molar-refractivity contribution in [3.05, 3.63) is 42.5 Å². The molecule has 20 heavy (non-hydrogen) atoms. The van der Waals surface area contributed by atoms with E-state index in [1.807, 2.05) is 31.2 Å². The molecule has 0 saturated heterocycles. The van der Waals surface area contributed by atoms with Crippen LogP contribution in [0.3, 0.4) is 0 Å². The standard InChI is InChI=1S/C13H11N7/c1-8-4-12(20-13(17-8)14-7-16-20)18-10-2-3-11-9(5-10)6-15-19-11/h2-7,18H,1H3,(H,15,19). The second kappa shape index (κ2) is 4.02. The Bertz CT molecular complexity index is 905. The van der Waals surface area contributed by atoms with Gasteiger partial charge in [0.1, 0.15) is 12.1 Å². The van der Waals surface area contributed by atoms with Crippen LogP contribution in [0.1, 0.15) is 5.69 Å². The van der Waals surface area contributed by atoms with Crippen LogP contribution >= 0.6 is 0 Å². The van der Waals surface area contributed by atoms with Gasteiger partial charge in [0.15, 0.2) is 0 Å². The zero-order valence-corrected chi connectivity index (χ0v) is 10.7. The molecule has 0 bridgehead atoms. The maximum Gasteiger partial charge on any atom is 0.254 e. The topological polar surface area (TPSA) is 83.8 Å². The average molecular weight is 265 g/mol. The number of fused-ring (bicyclic) bond motifs is 2. The highest BCUT2D eigenvalue weighted by Gasteiger charge is 2.06. The van der Waals surface area contributed by atoms with Crippen molar-refractivity contribution < 1.29 is 0 Å². The molecule has 3 heterocycles. The number of nitrogens with one attached hydrogen (secondary N) is 2. The Labute approximate surface area is 113 Å². The monoisotopic (exact) mass is 265 g/mol. The van der Waals surface area contributed by atoms with Gasteiger partial charge in [0.2, 0.25) is 0 Å². The molecule has 0 fully saturated rings. The van der Waals surface area contributed by atoms with Crippen LogP contribution < -0.4 is 5.32 Å². The molecule has 0 saturated carbocycles. The summed E-state index contributed by atoms with van der Waals surface area (Å²) in [5.74, 6) is 1.41. The minimum atomic E-state index is 0.580. The van der Waals surface area contributed by atoms with Gasteiger partial charge in [0.25, 0.3) is 5.78 Å². The van der Waals surface area contributed by atoms with E-state index in [0.717, 1.165) is 28.1 Å². The van der Waals surface area contributed by atoms with Crippen molar-refractivity contribution in [3.8, 4) is 0 Å². The molecule has 0 aliphatic carbocycles. The molecule has 3 aromatic heterocycles. The van der Waals surface area contributed by atoms with Gasteiger partial charge in [0, 0.05) is 22.8 Å². The van der Waals surface area contributed by atoms with E-state index in [1.165, 1.54) is 6.33 Å². The molecule has 4 aromatic rings. The van der Waals surface area contributed by atoms with Crippen molar-refractivity contribution in [2.75, 3.05) is 5.32 Å². The Morgan fingerprint density at radius 2 is 2.20 bits per heavy atom. The number of rotatable bonds is 2. The normalized spacial score (nSPS) is 11.2. The minimum absolute atomic E-state index is 0.580. The molecule has 98 valence electrons. The Morgan fingerprint density at radius 1 is 1.25 bits per heavy atom. The first-order chi connectivity index (χ1) is 9.79. The Kier molecular flexibility index (Phi) is 2.19. The fourth-order valence-electron chi connectivity index (χ4n) is 2.19. The molecule has 0 atom stereocenters. The van der Waals surface area contributed by atoms with Crippen molar-refractivity contribution in [2.45, 2.75) is 6.92 Å². The van der Waals surface area contributed by atoms with E-state index in [-0.39, 0.29) is 0 Å². The predicted molar refractivity (Wildman–Crippen MR) is 74.9 cm³/mol. The summed E-state index contributed by atoms with van der Waals surface area (Å²) in [6, 6.07) is 7.93. The average Bonchev–Trinajstić information content (AvgIpc) is 3.05. The summed E-state index contributed by atoms with van der Waals surface area (Å²) in [7, 11) is 0. The second-order valence-corrected chi connectivity index (χ2v) is 4.55. The number of hydrogen-bond donors (Lipinski definition) is 2. The maximum absolute atomic E-state index is 4.31. The molecule has 0 aliphatic heterocycles. The molecule has 0 aliphatic rings. The van der Waals surface area contributed by atoms with E-state index in [0.29, 0.717) is 5.78 Å². The highest BCUT2D eigenvalue weighted by atomic mass is 15.3. The van der Waals surface area contributed by atoms with E-state index >= 15 is 0 Å². The van der Waals surface area contributed by atoms with Crippen LogP contribution in [0.25, 0.3) is 16.7 Å². The highest BCUT2D eigenvalue weighted by Crippen LogP contribution is 2.21. The molecule has 0 amide bonds. The summed E-state index contributed by atoms with van der Waals surface area (Å²) < 4.78 is 1.67. The smallest absolute Gasteiger partial charge is 0.254 e. The van der Waals surface area contributed by atoms with Gasteiger partial charge in [-0.1, -0.05) is 0 Å². The maximum atomic E-state index is 4.31. The van der Waals surface area contributed by atoms with Crippen molar-refractivity contribution in [3.63, 3.8) is 0 Å². The zero-order chi connectivity index (χ0) is 13.5. The number of anilines is 2. The van der Waals surface area contributed by atoms with Gasteiger partial charge in [-0.25, -0.2) is 4.98 Å². The summed E-state index contributed by atoms with van der Waals surface area (Å²) in [5, 5.41) is 15.5. The first kappa shape index (κ1) is 10.9. The molecule has 7 heteroatoms. The summed E-state index contributed by atoms with van der Waals surface area (Å²) in [5.41, 5.74) is 2.85. The van der Waals surface area contributed by atoms with Crippen molar-refractivity contribution in [2.24, 2.45) is 0 Å². The summed E-state index contributed by atoms with van der Waals surface area (Å²) in [4.78, 5) is 8.42. The number of aromatic nitrogens is 6. The van der Waals surface area contributed by atoms with Gasteiger partial charge in [-0.3, -0.25) is 5.10 Å². The van der Waals surface area contributed by atoms with Gasteiger partial charge in [-0.15, -0.1) is 0 Å². The number of aryl methyl sites for hydroxylation is 1. The van der Waals surface area contributed by atoms with Gasteiger partial charge >= 0.3 is 0 Å². The Balaban J connectivity index is 1.81. The van der Waals surface area contributed by atoms with E-state index in [4.69, 9.17) is 0 Å². The fourth-order valence-corrected chi connectivity index (χ4v) is 2.19. The third-order valence-electron chi connectivity index (χ3n) is 3.09. The minimum Gasteiger partial charge on any atom is -0.340 e. The number of H-pyrrole nitrogens is 1. The fraction of sp³-hybridized carbons (Fsp3) is 0.0769. The first-order valence-electron chi connectivity index (χ1n) is 6.17. The quantitative estimate of drug-likeness (QED) is 0.579. The van der Waals surface area contributed by atoms with E-state index in [9.17, 15) is 0 Å². The SMILES string of the molecule is Cc1cc(Nc2ccc3[nH]ncc3c2)n2ncnc2n1. The lowest BCUT2D eigenvalue weighted by molar-refractivity contribution is 0.937. The second-order valence-electron chi connectivity index (χ2n) is 4.55. The number of hydrogen-bond acceptors (Lipinski definition) is 5. The molecule has 2 N–H and O–H groups in total. The largest absolute Gasteiger partial charge is 0.340 e. The van der Waals surface area contributed by atoms with Crippen LogP contribution in [0.15, 0.2) is 36.8 Å². The van der Waals surface area contributed by atoms with Gasteiger partial charge in [-0.05, 0) is 25.1 Å². The molecule has 0 spiro atoms. The van der Waals surface area contributed by atoms with Crippen LogP contribution in [-0.4, -0.2) is 29.8 Å². The number of benzene rings is 1. The van der Waals surface area contributed by atoms with Crippen molar-refractivity contribution in [1.29, 1.82) is 0 Å². The molecule has 1 aromatic carbocycles. The third-order valence-corrected chi connectivity index (χ3v) is 3.09. The van der Waals surface area contributed by atoms with Crippen LogP contribution in [-0.2, 0) is 0 Å².